The van der Waals surface area contributed by atoms with Crippen LogP contribution in [0.5, 0.6) is 0 Å². The lowest BCUT2D eigenvalue weighted by atomic mass is 10.1. The molecule has 0 amide bonds. The van der Waals surface area contributed by atoms with Crippen molar-refractivity contribution >= 4 is 11.1 Å². The first-order valence-corrected chi connectivity index (χ1v) is 4.83. The van der Waals surface area contributed by atoms with Gasteiger partial charge in [-0.05, 0) is 0 Å². The highest BCUT2D eigenvalue weighted by Crippen LogP contribution is 2.44. The average Bonchev–Trinajstić information content (AvgIpc) is 2.18. The summed E-state index contributed by atoms with van der Waals surface area (Å²) in [5.74, 6) is -4.67. The van der Waals surface area contributed by atoms with Crippen LogP contribution < -0.4 is 0 Å². The number of hydrogen-bond acceptors (Lipinski definition) is 1. The van der Waals surface area contributed by atoms with Gasteiger partial charge in [0.25, 0.3) is 0 Å². The van der Waals surface area contributed by atoms with E-state index in [-0.39, 0.29) is 0 Å². The van der Waals surface area contributed by atoms with E-state index < -0.39 is 27.8 Å². The van der Waals surface area contributed by atoms with Crippen molar-refractivity contribution < 1.29 is 26.3 Å². The van der Waals surface area contributed by atoms with Crippen LogP contribution >= 0.6 is 0 Å². The molecule has 1 rings (SSSR count). The van der Waals surface area contributed by atoms with Crippen molar-refractivity contribution in [2.24, 2.45) is 0 Å². The first kappa shape index (κ1) is 12.1. The lowest BCUT2D eigenvalue weighted by Gasteiger charge is -2.23. The Bertz CT molecular complexity index is 366. The van der Waals surface area contributed by atoms with E-state index in [9.17, 15) is 21.8 Å². The lowest BCUT2D eigenvalue weighted by molar-refractivity contribution is -0.164. The second-order valence-corrected chi connectivity index (χ2v) is 3.72. The van der Waals surface area contributed by atoms with Crippen LogP contribution in [-0.4, -0.2) is 14.0 Å². The third-order valence-electron chi connectivity index (χ3n) is 1.72. The van der Waals surface area contributed by atoms with Crippen molar-refractivity contribution in [1.29, 1.82) is 0 Å². The van der Waals surface area contributed by atoms with Crippen molar-refractivity contribution in [2.45, 2.75) is 11.2 Å². The van der Waals surface area contributed by atoms with Gasteiger partial charge >= 0.3 is 11.2 Å². The summed E-state index contributed by atoms with van der Waals surface area (Å²) in [6, 6.07) is 5.18. The van der Waals surface area contributed by atoms with E-state index in [1.54, 1.807) is 0 Å². The predicted molar refractivity (Wildman–Crippen MR) is 46.1 cm³/mol. The van der Waals surface area contributed by atoms with Crippen LogP contribution in [0.4, 0.5) is 17.6 Å². The fourth-order valence-corrected chi connectivity index (χ4v) is 1.26. The Labute approximate surface area is 85.2 Å². The number of benzene rings is 1. The molecular weight excluding hydrogens is 236 g/mol. The molecule has 0 saturated heterocycles. The van der Waals surface area contributed by atoms with E-state index >= 15 is 0 Å². The number of alkyl halides is 4. The molecule has 1 unspecified atom stereocenters. The molecule has 0 aliphatic heterocycles. The predicted octanol–water partition coefficient (Wildman–Crippen LogP) is 2.59. The Morgan fingerprint density at radius 2 is 1.53 bits per heavy atom. The van der Waals surface area contributed by atoms with Gasteiger partial charge in [-0.25, -0.2) is 4.21 Å². The fourth-order valence-electron chi connectivity index (χ4n) is 0.925. The standard InChI is InChI=1S/C8H6F4O2S/c9-7(10,8(11,12)15(13)14)6-4-2-1-3-5-6/h1-5H,(H,13,14). The smallest absolute Gasteiger partial charge is 0.301 e. The number of rotatable bonds is 3. The average molecular weight is 242 g/mol. The van der Waals surface area contributed by atoms with Gasteiger partial charge in [0.1, 0.15) is 0 Å². The van der Waals surface area contributed by atoms with Crippen LogP contribution in [0, 0.1) is 0 Å². The Morgan fingerprint density at radius 3 is 1.93 bits per heavy atom. The van der Waals surface area contributed by atoms with Crippen LogP contribution in [0.2, 0.25) is 0 Å². The van der Waals surface area contributed by atoms with E-state index in [1.165, 1.54) is 6.07 Å². The van der Waals surface area contributed by atoms with Crippen LogP contribution in [0.1, 0.15) is 5.56 Å². The molecule has 0 spiro atoms. The minimum Gasteiger partial charge on any atom is -0.301 e. The Kier molecular flexibility index (Phi) is 3.15. The molecule has 84 valence electrons. The maximum absolute atomic E-state index is 13.1. The summed E-state index contributed by atoms with van der Waals surface area (Å²) in [4.78, 5) is 0. The highest BCUT2D eigenvalue weighted by Gasteiger charge is 2.62. The molecule has 1 aromatic carbocycles. The van der Waals surface area contributed by atoms with Gasteiger partial charge in [0.05, 0.1) is 0 Å². The molecule has 0 radical (unpaired) electrons. The minimum atomic E-state index is -5.01. The molecule has 1 atom stereocenters. The second-order valence-electron chi connectivity index (χ2n) is 2.71. The van der Waals surface area contributed by atoms with E-state index in [4.69, 9.17) is 4.55 Å². The molecule has 15 heavy (non-hydrogen) atoms. The maximum Gasteiger partial charge on any atom is 0.411 e. The molecule has 0 aliphatic rings. The second kappa shape index (κ2) is 3.90. The summed E-state index contributed by atoms with van der Waals surface area (Å²) in [5.41, 5.74) is -1.00. The van der Waals surface area contributed by atoms with E-state index in [0.29, 0.717) is 0 Å². The Balaban J connectivity index is 3.19. The Hall–Kier alpha value is -0.950. The number of halogens is 4. The van der Waals surface area contributed by atoms with Gasteiger partial charge in [-0.15, -0.1) is 0 Å². The first-order valence-electron chi connectivity index (χ1n) is 3.72. The first-order chi connectivity index (χ1) is 6.80. The molecule has 1 aromatic rings. The summed E-state index contributed by atoms with van der Waals surface area (Å²) in [7, 11) is 0. The summed E-state index contributed by atoms with van der Waals surface area (Å²) in [6.07, 6.45) is 0. The van der Waals surface area contributed by atoms with E-state index in [1.807, 2.05) is 0 Å². The third kappa shape index (κ3) is 2.03. The van der Waals surface area contributed by atoms with Gasteiger partial charge in [0.15, 0.2) is 0 Å². The van der Waals surface area contributed by atoms with Crippen molar-refractivity contribution in [3.05, 3.63) is 35.9 Å². The molecule has 0 saturated carbocycles. The van der Waals surface area contributed by atoms with Crippen LogP contribution in [0.3, 0.4) is 0 Å². The van der Waals surface area contributed by atoms with Crippen molar-refractivity contribution in [3.63, 3.8) is 0 Å². The molecule has 7 heteroatoms. The normalized spacial score (nSPS) is 15.0. The molecule has 0 aromatic heterocycles. The maximum atomic E-state index is 13.1. The summed E-state index contributed by atoms with van der Waals surface area (Å²) < 4.78 is 69.8. The minimum absolute atomic E-state index is 0.765. The Morgan fingerprint density at radius 1 is 1.07 bits per heavy atom. The van der Waals surface area contributed by atoms with Gasteiger partial charge in [0, 0.05) is 5.56 Å². The molecule has 0 aliphatic carbocycles. The topological polar surface area (TPSA) is 37.3 Å². The van der Waals surface area contributed by atoms with E-state index in [2.05, 4.69) is 0 Å². The zero-order valence-electron chi connectivity index (χ0n) is 7.16. The molecule has 0 fully saturated rings. The van der Waals surface area contributed by atoms with Crippen molar-refractivity contribution in [3.8, 4) is 0 Å². The SMILES string of the molecule is O=S(O)C(F)(F)C(F)(F)c1ccccc1. The third-order valence-corrected chi connectivity index (χ3v) is 2.42. The molecule has 1 N–H and O–H groups in total. The number of hydrogen-bond donors (Lipinski definition) is 1. The lowest BCUT2D eigenvalue weighted by Crippen LogP contribution is -2.41. The summed E-state index contributed by atoms with van der Waals surface area (Å²) >= 11 is -3.93. The summed E-state index contributed by atoms with van der Waals surface area (Å²) in [6.45, 7) is 0. The van der Waals surface area contributed by atoms with Crippen molar-refractivity contribution in [2.75, 3.05) is 0 Å². The zero-order chi connectivity index (χ0) is 11.7. The van der Waals surface area contributed by atoms with Gasteiger partial charge < -0.3 is 4.55 Å². The van der Waals surface area contributed by atoms with E-state index in [0.717, 1.165) is 24.3 Å². The molecule has 2 nitrogen and oxygen atoms in total. The zero-order valence-corrected chi connectivity index (χ0v) is 7.98. The quantitative estimate of drug-likeness (QED) is 0.653. The summed E-state index contributed by atoms with van der Waals surface area (Å²) in [5, 5.41) is -5.01. The highest BCUT2D eigenvalue weighted by molar-refractivity contribution is 7.80. The van der Waals surface area contributed by atoms with Gasteiger partial charge in [-0.2, -0.15) is 17.6 Å². The van der Waals surface area contributed by atoms with Crippen molar-refractivity contribution in [1.82, 2.24) is 0 Å². The fraction of sp³-hybridized carbons (Fsp3) is 0.250. The largest absolute Gasteiger partial charge is 0.411 e. The van der Waals surface area contributed by atoms with Gasteiger partial charge in [-0.3, -0.25) is 0 Å². The molecule has 0 bridgehead atoms. The van der Waals surface area contributed by atoms with Gasteiger partial charge in [-0.1, -0.05) is 30.3 Å². The van der Waals surface area contributed by atoms with Crippen LogP contribution in [0.25, 0.3) is 0 Å². The monoisotopic (exact) mass is 242 g/mol. The van der Waals surface area contributed by atoms with Gasteiger partial charge in [0.2, 0.25) is 11.1 Å². The van der Waals surface area contributed by atoms with Crippen LogP contribution in [0.15, 0.2) is 30.3 Å². The van der Waals surface area contributed by atoms with Crippen LogP contribution in [-0.2, 0) is 17.0 Å². The molecular formula is C8H6F4O2S. The molecule has 0 heterocycles. The highest BCUT2D eigenvalue weighted by atomic mass is 32.2.